The monoisotopic (exact) mass is 188 g/mol. The van der Waals surface area contributed by atoms with Gasteiger partial charge in [0.2, 0.25) is 0 Å². The molecule has 0 aliphatic carbocycles. The zero-order valence-corrected chi connectivity index (χ0v) is 8.63. The minimum atomic E-state index is -1.23. The molecule has 77 valence electrons. The van der Waals surface area contributed by atoms with E-state index in [4.69, 9.17) is 10.5 Å². The van der Waals surface area contributed by atoms with Gasteiger partial charge in [-0.2, -0.15) is 0 Å². The lowest BCUT2D eigenvalue weighted by Crippen LogP contribution is -2.33. The SMILES string of the molecule is CC(COC(C)(C)C)C(O)C([NH])=O. The Morgan fingerprint density at radius 3 is 2.31 bits per heavy atom. The number of aliphatic hydroxyl groups is 1. The maximum absolute atomic E-state index is 10.5. The Labute approximate surface area is 79.1 Å². The van der Waals surface area contributed by atoms with Crippen LogP contribution in [0.5, 0.6) is 0 Å². The van der Waals surface area contributed by atoms with Gasteiger partial charge in [-0.05, 0) is 20.8 Å². The molecule has 2 N–H and O–H groups in total. The predicted molar refractivity (Wildman–Crippen MR) is 49.0 cm³/mol. The molecule has 0 aromatic heterocycles. The summed E-state index contributed by atoms with van der Waals surface area (Å²) in [6.45, 7) is 7.66. The van der Waals surface area contributed by atoms with E-state index in [0.29, 0.717) is 0 Å². The fourth-order valence-corrected chi connectivity index (χ4v) is 0.731. The van der Waals surface area contributed by atoms with Crippen LogP contribution in [0.4, 0.5) is 0 Å². The maximum atomic E-state index is 10.5. The third-order valence-corrected chi connectivity index (χ3v) is 1.59. The number of rotatable bonds is 4. The third-order valence-electron chi connectivity index (χ3n) is 1.59. The fourth-order valence-electron chi connectivity index (χ4n) is 0.731. The number of nitrogens with one attached hydrogen (secondary N) is 1. The van der Waals surface area contributed by atoms with Crippen LogP contribution in [0.15, 0.2) is 0 Å². The largest absolute Gasteiger partial charge is 0.383 e. The Kier molecular flexibility index (Phi) is 4.36. The zero-order chi connectivity index (χ0) is 10.6. The lowest BCUT2D eigenvalue weighted by molar-refractivity contribution is -0.132. The molecule has 1 amide bonds. The summed E-state index contributed by atoms with van der Waals surface area (Å²) in [6.07, 6.45) is -1.23. The molecule has 0 rings (SSSR count). The molecule has 0 aromatic carbocycles. The molecule has 0 aliphatic heterocycles. The van der Waals surface area contributed by atoms with E-state index in [9.17, 15) is 9.90 Å². The van der Waals surface area contributed by atoms with E-state index >= 15 is 0 Å². The van der Waals surface area contributed by atoms with Crippen LogP contribution in [0.3, 0.4) is 0 Å². The van der Waals surface area contributed by atoms with E-state index < -0.39 is 12.0 Å². The number of ether oxygens (including phenoxy) is 1. The predicted octanol–water partition coefficient (Wildman–Crippen LogP) is 0.608. The van der Waals surface area contributed by atoms with Gasteiger partial charge in [0.25, 0.3) is 5.91 Å². The van der Waals surface area contributed by atoms with Gasteiger partial charge in [-0.3, -0.25) is 10.5 Å². The molecule has 0 aliphatic rings. The Balaban J connectivity index is 3.88. The van der Waals surface area contributed by atoms with Crippen LogP contribution in [0.1, 0.15) is 27.7 Å². The topological polar surface area (TPSA) is 70.3 Å². The van der Waals surface area contributed by atoms with Crippen LogP contribution in [-0.4, -0.2) is 29.3 Å². The number of amides is 1. The second-order valence-corrected chi connectivity index (χ2v) is 4.21. The molecular formula is C9H18NO3. The molecule has 4 heteroatoms. The van der Waals surface area contributed by atoms with Gasteiger partial charge < -0.3 is 9.84 Å². The summed E-state index contributed by atoms with van der Waals surface area (Å²) in [7, 11) is 0. The van der Waals surface area contributed by atoms with Gasteiger partial charge >= 0.3 is 0 Å². The first-order valence-corrected chi connectivity index (χ1v) is 4.31. The fraction of sp³-hybridized carbons (Fsp3) is 0.889. The maximum Gasteiger partial charge on any atom is 0.267 e. The summed E-state index contributed by atoms with van der Waals surface area (Å²) < 4.78 is 5.37. The lowest BCUT2D eigenvalue weighted by atomic mass is 10.1. The van der Waals surface area contributed by atoms with Crippen LogP contribution < -0.4 is 5.73 Å². The van der Waals surface area contributed by atoms with Crippen molar-refractivity contribution in [2.24, 2.45) is 5.92 Å². The molecule has 0 saturated heterocycles. The van der Waals surface area contributed by atoms with Gasteiger partial charge in [-0.25, -0.2) is 0 Å². The molecule has 2 atom stereocenters. The van der Waals surface area contributed by atoms with Crippen molar-refractivity contribution in [3.8, 4) is 0 Å². The van der Waals surface area contributed by atoms with Crippen molar-refractivity contribution < 1.29 is 14.6 Å². The Morgan fingerprint density at radius 2 is 2.00 bits per heavy atom. The molecule has 0 spiro atoms. The van der Waals surface area contributed by atoms with E-state index in [0.717, 1.165) is 0 Å². The zero-order valence-electron chi connectivity index (χ0n) is 8.63. The van der Waals surface area contributed by atoms with Gasteiger partial charge in [-0.1, -0.05) is 6.92 Å². The first-order chi connectivity index (χ1) is 5.74. The first-order valence-electron chi connectivity index (χ1n) is 4.31. The third kappa shape index (κ3) is 5.60. The van der Waals surface area contributed by atoms with E-state index in [2.05, 4.69) is 0 Å². The smallest absolute Gasteiger partial charge is 0.267 e. The van der Waals surface area contributed by atoms with Gasteiger partial charge in [-0.15, -0.1) is 0 Å². The van der Waals surface area contributed by atoms with Crippen LogP contribution in [0.25, 0.3) is 0 Å². The summed E-state index contributed by atoms with van der Waals surface area (Å²) >= 11 is 0. The molecule has 0 saturated carbocycles. The summed E-state index contributed by atoms with van der Waals surface area (Å²) in [5, 5.41) is 9.17. The minimum absolute atomic E-state index is 0.279. The molecule has 0 heterocycles. The molecular weight excluding hydrogens is 170 g/mol. The summed E-state index contributed by atoms with van der Waals surface area (Å²) in [6, 6.07) is 0. The standard InChI is InChI=1S/C9H18NO3/c1-6(7(11)8(10)12)5-13-9(2,3)4/h6-7,10-11H,5H2,1-4H3. The molecule has 0 fully saturated rings. The van der Waals surface area contributed by atoms with Gasteiger partial charge in [0.05, 0.1) is 12.2 Å². The van der Waals surface area contributed by atoms with Crippen molar-refractivity contribution in [1.29, 1.82) is 0 Å². The molecule has 1 radical (unpaired) electrons. The quantitative estimate of drug-likeness (QED) is 0.702. The second-order valence-electron chi connectivity index (χ2n) is 4.21. The van der Waals surface area contributed by atoms with Crippen LogP contribution in [0.2, 0.25) is 0 Å². The van der Waals surface area contributed by atoms with Crippen LogP contribution in [-0.2, 0) is 9.53 Å². The van der Waals surface area contributed by atoms with E-state index in [1.807, 2.05) is 20.8 Å². The molecule has 13 heavy (non-hydrogen) atoms. The summed E-state index contributed by atoms with van der Waals surface area (Å²) in [4.78, 5) is 10.5. The highest BCUT2D eigenvalue weighted by molar-refractivity contribution is 5.77. The highest BCUT2D eigenvalue weighted by Gasteiger charge is 2.22. The van der Waals surface area contributed by atoms with E-state index in [-0.39, 0.29) is 18.1 Å². The molecule has 4 nitrogen and oxygen atoms in total. The average molecular weight is 188 g/mol. The van der Waals surface area contributed by atoms with Gasteiger partial charge in [0.1, 0.15) is 6.10 Å². The highest BCUT2D eigenvalue weighted by Crippen LogP contribution is 2.11. The average Bonchev–Trinajstić information content (AvgIpc) is 1.97. The van der Waals surface area contributed by atoms with Gasteiger partial charge in [0.15, 0.2) is 0 Å². The Hall–Kier alpha value is -0.610. The minimum Gasteiger partial charge on any atom is -0.383 e. The van der Waals surface area contributed by atoms with Crippen molar-refractivity contribution in [3.05, 3.63) is 0 Å². The van der Waals surface area contributed by atoms with Gasteiger partial charge in [0, 0.05) is 5.92 Å². The Morgan fingerprint density at radius 1 is 1.54 bits per heavy atom. The normalized spacial score (nSPS) is 16.7. The lowest BCUT2D eigenvalue weighted by Gasteiger charge is -2.23. The number of carbonyl (C=O) groups is 1. The highest BCUT2D eigenvalue weighted by atomic mass is 16.5. The number of hydrogen-bond acceptors (Lipinski definition) is 3. The van der Waals surface area contributed by atoms with Crippen molar-refractivity contribution in [2.45, 2.75) is 39.4 Å². The molecule has 0 bridgehead atoms. The summed E-state index contributed by atoms with van der Waals surface area (Å²) in [5.41, 5.74) is 6.43. The van der Waals surface area contributed by atoms with Crippen molar-refractivity contribution in [1.82, 2.24) is 5.73 Å². The number of aliphatic hydroxyl groups excluding tert-OH is 1. The van der Waals surface area contributed by atoms with Crippen molar-refractivity contribution in [3.63, 3.8) is 0 Å². The summed E-state index contributed by atoms with van der Waals surface area (Å²) in [5.74, 6) is -1.28. The second kappa shape index (κ2) is 4.58. The molecule has 2 unspecified atom stereocenters. The first kappa shape index (κ1) is 12.4. The Bertz CT molecular complexity index is 174. The van der Waals surface area contributed by atoms with Crippen molar-refractivity contribution >= 4 is 5.91 Å². The number of carbonyl (C=O) groups excluding carboxylic acids is 1. The molecule has 0 aromatic rings. The van der Waals surface area contributed by atoms with Crippen LogP contribution >= 0.6 is 0 Å². The van der Waals surface area contributed by atoms with Crippen LogP contribution in [0, 0.1) is 5.92 Å². The van der Waals surface area contributed by atoms with E-state index in [1.54, 1.807) is 6.92 Å². The number of hydrogen-bond donors (Lipinski definition) is 1. The van der Waals surface area contributed by atoms with Crippen molar-refractivity contribution in [2.75, 3.05) is 6.61 Å². The van der Waals surface area contributed by atoms with E-state index in [1.165, 1.54) is 0 Å².